The number of amides is 2. The maximum Gasteiger partial charge on any atom is 0.305 e. The Morgan fingerprint density at radius 1 is 0.960 bits per heavy atom. The molecule has 0 atom stereocenters. The van der Waals surface area contributed by atoms with E-state index in [1.165, 1.54) is 7.11 Å². The fourth-order valence-electron chi connectivity index (χ4n) is 2.65. The average Bonchev–Trinajstić information content (AvgIpc) is 2.89. The van der Waals surface area contributed by atoms with E-state index in [0.29, 0.717) is 24.0 Å². The second kappa shape index (κ2) is 7.27. The van der Waals surface area contributed by atoms with Gasteiger partial charge in [0.2, 0.25) is 0 Å². The van der Waals surface area contributed by atoms with Gasteiger partial charge in [0.1, 0.15) is 6.61 Å². The number of carbonyl (C=O) groups is 3. The second-order valence-electron chi connectivity index (χ2n) is 5.62. The topological polar surface area (TPSA) is 72.9 Å². The minimum Gasteiger partial charge on any atom is -0.469 e. The minimum absolute atomic E-state index is 0.0809. The van der Waals surface area contributed by atoms with E-state index in [9.17, 15) is 14.4 Å². The summed E-state index contributed by atoms with van der Waals surface area (Å²) in [6, 6.07) is 14.1. The highest BCUT2D eigenvalue weighted by molar-refractivity contribution is 6.20. The van der Waals surface area contributed by atoms with E-state index in [1.807, 2.05) is 24.3 Å². The van der Waals surface area contributed by atoms with Gasteiger partial charge in [-0.3, -0.25) is 19.2 Å². The molecule has 0 aliphatic carbocycles. The quantitative estimate of drug-likeness (QED) is 0.597. The molecule has 6 heteroatoms. The number of nitrogens with zero attached hydrogens (tertiary/aromatic N) is 1. The molecule has 1 heterocycles. The fraction of sp³-hybridized carbons (Fsp3) is 0.211. The third-order valence-electron chi connectivity index (χ3n) is 3.95. The lowest BCUT2D eigenvalue weighted by Crippen LogP contribution is -2.29. The van der Waals surface area contributed by atoms with Gasteiger partial charge in [-0.15, -0.1) is 5.06 Å². The fourth-order valence-corrected chi connectivity index (χ4v) is 2.65. The van der Waals surface area contributed by atoms with Crippen LogP contribution in [0.25, 0.3) is 0 Å². The summed E-state index contributed by atoms with van der Waals surface area (Å²) in [5.74, 6) is -1.18. The molecule has 0 radical (unpaired) electrons. The summed E-state index contributed by atoms with van der Waals surface area (Å²) in [6.07, 6.45) is 0.840. The van der Waals surface area contributed by atoms with E-state index in [4.69, 9.17) is 4.84 Å². The third-order valence-corrected chi connectivity index (χ3v) is 3.95. The number of hydrogen-bond donors (Lipinski definition) is 0. The zero-order valence-corrected chi connectivity index (χ0v) is 13.7. The Morgan fingerprint density at radius 3 is 2.24 bits per heavy atom. The number of benzene rings is 2. The van der Waals surface area contributed by atoms with E-state index in [1.54, 1.807) is 24.3 Å². The van der Waals surface area contributed by atoms with Gasteiger partial charge in [0.05, 0.1) is 18.2 Å². The summed E-state index contributed by atoms with van der Waals surface area (Å²) >= 11 is 0. The predicted octanol–water partition coefficient (Wildman–Crippen LogP) is 2.52. The number of carbonyl (C=O) groups excluding carboxylic acids is 3. The smallest absolute Gasteiger partial charge is 0.305 e. The van der Waals surface area contributed by atoms with Crippen molar-refractivity contribution in [3.63, 3.8) is 0 Å². The van der Waals surface area contributed by atoms with E-state index in [0.717, 1.165) is 16.2 Å². The number of rotatable bonds is 6. The Morgan fingerprint density at radius 2 is 1.60 bits per heavy atom. The molecule has 25 heavy (non-hydrogen) atoms. The van der Waals surface area contributed by atoms with Crippen LogP contribution in [-0.4, -0.2) is 30.0 Å². The molecule has 0 fully saturated rings. The van der Waals surface area contributed by atoms with Crippen LogP contribution < -0.4 is 0 Å². The Labute approximate surface area is 144 Å². The Kier molecular flexibility index (Phi) is 4.90. The van der Waals surface area contributed by atoms with Crippen LogP contribution in [0.4, 0.5) is 0 Å². The summed E-state index contributed by atoms with van der Waals surface area (Å²) in [5, 5.41) is 0.797. The van der Waals surface area contributed by atoms with Gasteiger partial charge < -0.3 is 4.74 Å². The summed E-state index contributed by atoms with van der Waals surface area (Å²) < 4.78 is 4.63. The summed E-state index contributed by atoms with van der Waals surface area (Å²) in [4.78, 5) is 41.1. The first-order valence-electron chi connectivity index (χ1n) is 7.85. The zero-order valence-electron chi connectivity index (χ0n) is 13.7. The molecular weight excluding hydrogens is 322 g/mol. The van der Waals surface area contributed by atoms with Gasteiger partial charge in [0.25, 0.3) is 11.8 Å². The molecule has 0 saturated carbocycles. The number of ether oxygens (including phenoxy) is 1. The predicted molar refractivity (Wildman–Crippen MR) is 88.5 cm³/mol. The largest absolute Gasteiger partial charge is 0.469 e. The van der Waals surface area contributed by atoms with Crippen LogP contribution in [0.15, 0.2) is 48.5 Å². The second-order valence-corrected chi connectivity index (χ2v) is 5.62. The summed E-state index contributed by atoms with van der Waals surface area (Å²) in [6.45, 7) is 0.0809. The number of imide groups is 1. The van der Waals surface area contributed by atoms with E-state index >= 15 is 0 Å². The maximum absolute atomic E-state index is 12.2. The summed E-state index contributed by atoms with van der Waals surface area (Å²) in [5.41, 5.74) is 2.45. The van der Waals surface area contributed by atoms with E-state index in [-0.39, 0.29) is 12.6 Å². The van der Waals surface area contributed by atoms with Gasteiger partial charge in [-0.05, 0) is 29.7 Å². The van der Waals surface area contributed by atoms with Crippen molar-refractivity contribution in [3.05, 3.63) is 70.8 Å². The molecule has 2 aromatic carbocycles. The molecule has 2 amide bonds. The first-order chi connectivity index (χ1) is 12.1. The van der Waals surface area contributed by atoms with Gasteiger partial charge in [-0.1, -0.05) is 36.4 Å². The number of hydrogen-bond acceptors (Lipinski definition) is 5. The Bertz CT molecular complexity index is 795. The average molecular weight is 339 g/mol. The van der Waals surface area contributed by atoms with Crippen LogP contribution in [0.5, 0.6) is 0 Å². The van der Waals surface area contributed by atoms with E-state index in [2.05, 4.69) is 4.74 Å². The van der Waals surface area contributed by atoms with Gasteiger partial charge >= 0.3 is 5.97 Å². The number of esters is 1. The van der Waals surface area contributed by atoms with Crippen LogP contribution in [-0.2, 0) is 27.4 Å². The van der Waals surface area contributed by atoms with Crippen molar-refractivity contribution in [1.29, 1.82) is 0 Å². The molecular formula is C19H17NO5. The lowest BCUT2D eigenvalue weighted by Gasteiger charge is -2.13. The molecule has 128 valence electrons. The van der Waals surface area contributed by atoms with E-state index < -0.39 is 11.8 Å². The van der Waals surface area contributed by atoms with Crippen molar-refractivity contribution in [2.75, 3.05) is 7.11 Å². The first kappa shape index (κ1) is 16.9. The highest BCUT2D eigenvalue weighted by atomic mass is 16.7. The lowest BCUT2D eigenvalue weighted by atomic mass is 10.1. The Hall–Kier alpha value is -2.99. The molecule has 6 nitrogen and oxygen atoms in total. The minimum atomic E-state index is -0.456. The molecule has 0 spiro atoms. The number of fused-ring (bicyclic) bond motifs is 1. The molecule has 0 aromatic heterocycles. The number of methoxy groups -OCH3 is 1. The van der Waals surface area contributed by atoms with Crippen molar-refractivity contribution in [3.8, 4) is 0 Å². The van der Waals surface area contributed by atoms with Crippen LogP contribution in [0.3, 0.4) is 0 Å². The van der Waals surface area contributed by atoms with Crippen molar-refractivity contribution in [2.45, 2.75) is 19.4 Å². The number of aryl methyl sites for hydroxylation is 1. The molecule has 0 N–H and O–H groups in total. The molecule has 2 aromatic rings. The van der Waals surface area contributed by atoms with Crippen LogP contribution in [0.1, 0.15) is 38.3 Å². The van der Waals surface area contributed by atoms with Crippen LogP contribution in [0, 0.1) is 0 Å². The van der Waals surface area contributed by atoms with Crippen LogP contribution in [0.2, 0.25) is 0 Å². The molecule has 0 saturated heterocycles. The summed E-state index contributed by atoms with van der Waals surface area (Å²) in [7, 11) is 1.36. The van der Waals surface area contributed by atoms with Gasteiger partial charge in [-0.2, -0.15) is 0 Å². The highest BCUT2D eigenvalue weighted by Gasteiger charge is 2.36. The standard InChI is InChI=1S/C19H17NO5/c1-24-17(21)10-9-13-5-4-6-14(11-13)12-25-20-18(22)15-7-2-3-8-16(15)19(20)23/h2-8,11H,9-10,12H2,1H3. The molecule has 1 aliphatic rings. The lowest BCUT2D eigenvalue weighted by molar-refractivity contribution is -0.140. The van der Waals surface area contributed by atoms with Crippen molar-refractivity contribution < 1.29 is 24.0 Å². The van der Waals surface area contributed by atoms with Gasteiger partial charge in [0, 0.05) is 6.42 Å². The monoisotopic (exact) mass is 339 g/mol. The SMILES string of the molecule is COC(=O)CCc1cccc(CON2C(=O)c3ccccc3C2=O)c1. The van der Waals surface area contributed by atoms with Gasteiger partial charge in [0.15, 0.2) is 0 Å². The van der Waals surface area contributed by atoms with Crippen molar-refractivity contribution >= 4 is 17.8 Å². The molecule has 3 rings (SSSR count). The zero-order chi connectivity index (χ0) is 17.8. The van der Waals surface area contributed by atoms with Gasteiger partial charge in [-0.25, -0.2) is 0 Å². The molecule has 0 bridgehead atoms. The normalized spacial score (nSPS) is 13.1. The maximum atomic E-state index is 12.2. The first-order valence-corrected chi connectivity index (χ1v) is 7.85. The third kappa shape index (κ3) is 3.59. The highest BCUT2D eigenvalue weighted by Crippen LogP contribution is 2.23. The van der Waals surface area contributed by atoms with Crippen molar-refractivity contribution in [2.24, 2.45) is 0 Å². The van der Waals surface area contributed by atoms with Crippen molar-refractivity contribution in [1.82, 2.24) is 5.06 Å². The molecule has 0 unspecified atom stereocenters. The Balaban J connectivity index is 1.64. The molecule has 1 aliphatic heterocycles. The number of hydroxylamine groups is 2. The van der Waals surface area contributed by atoms with Crippen LogP contribution >= 0.6 is 0 Å².